The van der Waals surface area contributed by atoms with Crippen LogP contribution in [0.5, 0.6) is 0 Å². The molecule has 0 fully saturated rings. The zero-order chi connectivity index (χ0) is 15.4. The molecule has 21 heavy (non-hydrogen) atoms. The second-order valence-electron chi connectivity index (χ2n) is 4.08. The molecule has 2 N–H and O–H groups in total. The van der Waals surface area contributed by atoms with E-state index in [1.54, 1.807) is 0 Å². The lowest BCUT2D eigenvalue weighted by Crippen LogP contribution is -2.28. The lowest BCUT2D eigenvalue weighted by Gasteiger charge is -2.07. The van der Waals surface area contributed by atoms with Gasteiger partial charge in [-0.2, -0.15) is 0 Å². The fourth-order valence-electron chi connectivity index (χ4n) is 1.63. The topological polar surface area (TPSA) is 101 Å². The third kappa shape index (κ3) is 3.50. The Morgan fingerprint density at radius 2 is 2.14 bits per heavy atom. The quantitative estimate of drug-likeness (QED) is 0.864. The molecule has 0 aliphatic heterocycles. The van der Waals surface area contributed by atoms with Gasteiger partial charge in [-0.15, -0.1) is 0 Å². The van der Waals surface area contributed by atoms with Crippen molar-refractivity contribution in [1.29, 1.82) is 0 Å². The Balaban J connectivity index is 2.10. The number of aromatic carboxylic acids is 1. The summed E-state index contributed by atoms with van der Waals surface area (Å²) in [6.45, 7) is -0.283. The summed E-state index contributed by atoms with van der Waals surface area (Å²) in [7, 11) is 0. The first-order valence-corrected chi connectivity index (χ1v) is 5.81. The monoisotopic (exact) mass is 291 g/mol. The maximum absolute atomic E-state index is 13.4. The van der Waals surface area contributed by atoms with E-state index >= 15 is 0 Å². The van der Waals surface area contributed by atoms with Crippen LogP contribution in [0.4, 0.5) is 10.1 Å². The van der Waals surface area contributed by atoms with Crippen molar-refractivity contribution < 1.29 is 19.1 Å². The Bertz CT molecular complexity index is 757. The molecule has 1 heterocycles. The van der Waals surface area contributed by atoms with Crippen molar-refractivity contribution in [3.05, 3.63) is 58.5 Å². The average Bonchev–Trinajstić information content (AvgIpc) is 2.41. The highest BCUT2D eigenvalue weighted by Gasteiger charge is 2.12. The summed E-state index contributed by atoms with van der Waals surface area (Å²) >= 11 is 0. The summed E-state index contributed by atoms with van der Waals surface area (Å²) in [5, 5.41) is 11.1. The molecule has 0 saturated heterocycles. The van der Waals surface area contributed by atoms with Crippen LogP contribution >= 0.6 is 0 Å². The number of carboxylic acid groups (broad SMARTS) is 1. The second kappa shape index (κ2) is 5.95. The van der Waals surface area contributed by atoms with E-state index in [2.05, 4.69) is 10.3 Å². The zero-order valence-electron chi connectivity index (χ0n) is 10.6. The number of carboxylic acids is 1. The predicted octanol–water partition coefficient (Wildman–Crippen LogP) is 0.719. The predicted molar refractivity (Wildman–Crippen MR) is 70.5 cm³/mol. The number of anilines is 1. The third-order valence-corrected chi connectivity index (χ3v) is 2.58. The number of hydrogen-bond donors (Lipinski definition) is 2. The van der Waals surface area contributed by atoms with Crippen molar-refractivity contribution in [2.75, 3.05) is 5.32 Å². The van der Waals surface area contributed by atoms with Crippen LogP contribution in [0.15, 0.2) is 41.5 Å². The smallest absolute Gasteiger partial charge is 0.347 e. The number of benzene rings is 1. The Labute approximate surface area is 117 Å². The van der Waals surface area contributed by atoms with Crippen LogP contribution < -0.4 is 11.0 Å². The minimum Gasteiger partial charge on any atom is -0.478 e. The number of nitrogens with one attached hydrogen (secondary N) is 1. The summed E-state index contributed by atoms with van der Waals surface area (Å²) in [4.78, 5) is 37.2. The van der Waals surface area contributed by atoms with Gasteiger partial charge in [0.15, 0.2) is 0 Å². The summed E-state index contributed by atoms with van der Waals surface area (Å²) in [6, 6.07) is 4.70. The van der Waals surface area contributed by atoms with E-state index in [0.29, 0.717) is 0 Å². The van der Waals surface area contributed by atoms with Crippen LogP contribution in [0.3, 0.4) is 0 Å². The number of aromatic nitrogens is 2. The van der Waals surface area contributed by atoms with Crippen LogP contribution in [0.2, 0.25) is 0 Å². The molecular formula is C13H10FN3O4. The van der Waals surface area contributed by atoms with E-state index in [1.165, 1.54) is 24.5 Å². The molecule has 0 unspecified atom stereocenters. The summed E-state index contributed by atoms with van der Waals surface area (Å²) in [5.74, 6) is -2.92. The normalized spacial score (nSPS) is 10.1. The molecule has 7 nitrogen and oxygen atoms in total. The SMILES string of the molecule is O=C(Cn1cccnc1=O)Nc1ccc(C(=O)O)c(F)c1. The number of carbonyl (C=O) groups excluding carboxylic acids is 1. The highest BCUT2D eigenvalue weighted by molar-refractivity contribution is 5.92. The molecule has 108 valence electrons. The van der Waals surface area contributed by atoms with Gasteiger partial charge in [-0.3, -0.25) is 9.36 Å². The van der Waals surface area contributed by atoms with Crippen molar-refractivity contribution >= 4 is 17.6 Å². The number of amides is 1. The third-order valence-electron chi connectivity index (χ3n) is 2.58. The number of rotatable bonds is 4. The van der Waals surface area contributed by atoms with Gasteiger partial charge in [-0.05, 0) is 24.3 Å². The molecule has 1 aromatic carbocycles. The lowest BCUT2D eigenvalue weighted by molar-refractivity contribution is -0.116. The van der Waals surface area contributed by atoms with Gasteiger partial charge in [-0.25, -0.2) is 19.0 Å². The fraction of sp³-hybridized carbons (Fsp3) is 0.0769. The van der Waals surface area contributed by atoms with Crippen molar-refractivity contribution in [2.45, 2.75) is 6.54 Å². The minimum atomic E-state index is -1.40. The molecule has 1 amide bonds. The van der Waals surface area contributed by atoms with Gasteiger partial charge >= 0.3 is 11.7 Å². The van der Waals surface area contributed by atoms with Crippen LogP contribution in [0.25, 0.3) is 0 Å². The van der Waals surface area contributed by atoms with Gasteiger partial charge in [0.1, 0.15) is 12.4 Å². The fourth-order valence-corrected chi connectivity index (χ4v) is 1.63. The lowest BCUT2D eigenvalue weighted by atomic mass is 10.2. The van der Waals surface area contributed by atoms with E-state index < -0.39 is 28.9 Å². The molecule has 0 spiro atoms. The van der Waals surface area contributed by atoms with E-state index in [4.69, 9.17) is 5.11 Å². The highest BCUT2D eigenvalue weighted by atomic mass is 19.1. The number of hydrogen-bond acceptors (Lipinski definition) is 4. The first kappa shape index (κ1) is 14.4. The Morgan fingerprint density at radius 1 is 1.38 bits per heavy atom. The Kier molecular flexibility index (Phi) is 4.07. The van der Waals surface area contributed by atoms with E-state index in [0.717, 1.165) is 16.7 Å². The summed E-state index contributed by atoms with van der Waals surface area (Å²) < 4.78 is 14.5. The van der Waals surface area contributed by atoms with Crippen LogP contribution in [0.1, 0.15) is 10.4 Å². The zero-order valence-corrected chi connectivity index (χ0v) is 10.6. The first-order chi connectivity index (χ1) is 9.97. The maximum atomic E-state index is 13.4. The Morgan fingerprint density at radius 3 is 2.76 bits per heavy atom. The molecule has 0 saturated carbocycles. The second-order valence-corrected chi connectivity index (χ2v) is 4.08. The Hall–Kier alpha value is -3.03. The maximum Gasteiger partial charge on any atom is 0.347 e. The highest BCUT2D eigenvalue weighted by Crippen LogP contribution is 2.14. The molecule has 0 radical (unpaired) electrons. The van der Waals surface area contributed by atoms with Gasteiger partial charge in [0.2, 0.25) is 5.91 Å². The average molecular weight is 291 g/mol. The van der Waals surface area contributed by atoms with Crippen molar-refractivity contribution in [1.82, 2.24) is 9.55 Å². The first-order valence-electron chi connectivity index (χ1n) is 5.81. The van der Waals surface area contributed by atoms with Gasteiger partial charge in [0.05, 0.1) is 5.56 Å². The molecule has 1 aromatic heterocycles. The van der Waals surface area contributed by atoms with Crippen molar-refractivity contribution in [2.24, 2.45) is 0 Å². The molecule has 0 aliphatic carbocycles. The number of nitrogens with zero attached hydrogens (tertiary/aromatic N) is 2. The molecule has 0 aliphatic rings. The van der Waals surface area contributed by atoms with Gasteiger partial charge in [-0.1, -0.05) is 0 Å². The van der Waals surface area contributed by atoms with Crippen LogP contribution in [-0.2, 0) is 11.3 Å². The van der Waals surface area contributed by atoms with Crippen molar-refractivity contribution in [3.63, 3.8) is 0 Å². The molecular weight excluding hydrogens is 281 g/mol. The largest absolute Gasteiger partial charge is 0.478 e. The van der Waals surface area contributed by atoms with Crippen molar-refractivity contribution in [3.8, 4) is 0 Å². The molecule has 2 aromatic rings. The standard InChI is InChI=1S/C13H10FN3O4/c14-10-6-8(2-3-9(10)12(19)20)16-11(18)7-17-5-1-4-15-13(17)21/h1-6H,7H2,(H,16,18)(H,19,20). The summed E-state index contributed by atoms with van der Waals surface area (Å²) in [5.41, 5.74) is -0.976. The van der Waals surface area contributed by atoms with E-state index in [9.17, 15) is 18.8 Å². The van der Waals surface area contributed by atoms with Gasteiger partial charge < -0.3 is 10.4 Å². The van der Waals surface area contributed by atoms with Crippen LogP contribution in [-0.4, -0.2) is 26.5 Å². The van der Waals surface area contributed by atoms with Crippen LogP contribution in [0, 0.1) is 5.82 Å². The minimum absolute atomic E-state index is 0.0967. The number of carbonyl (C=O) groups is 2. The van der Waals surface area contributed by atoms with E-state index in [1.807, 2.05) is 0 Å². The van der Waals surface area contributed by atoms with Gasteiger partial charge in [0.25, 0.3) is 0 Å². The number of halogens is 1. The molecule has 0 atom stereocenters. The molecule has 2 rings (SSSR count). The van der Waals surface area contributed by atoms with E-state index in [-0.39, 0.29) is 12.2 Å². The molecule has 0 bridgehead atoms. The summed E-state index contributed by atoms with van der Waals surface area (Å²) in [6.07, 6.45) is 2.69. The van der Waals surface area contributed by atoms with Gasteiger partial charge in [0, 0.05) is 18.1 Å². The molecule has 8 heteroatoms.